The molecular formula is C29H26N2O4. The third-order valence-electron chi connectivity index (χ3n) is 7.18. The van der Waals surface area contributed by atoms with E-state index in [-0.39, 0.29) is 16.7 Å². The number of aliphatic hydroxyl groups is 1. The van der Waals surface area contributed by atoms with Crippen molar-refractivity contribution < 1.29 is 19.8 Å². The molecule has 35 heavy (non-hydrogen) atoms. The summed E-state index contributed by atoms with van der Waals surface area (Å²) >= 11 is 0. The number of nitrogens with zero attached hydrogens (tertiary/aromatic N) is 1. The van der Waals surface area contributed by atoms with E-state index in [9.17, 15) is 19.8 Å². The fourth-order valence-electron chi connectivity index (χ4n) is 5.19. The zero-order valence-electron chi connectivity index (χ0n) is 19.6. The Morgan fingerprint density at radius 2 is 1.80 bits per heavy atom. The quantitative estimate of drug-likeness (QED) is 0.339. The molecule has 1 aliphatic rings. The number of fused-ring (bicyclic) bond motifs is 2. The zero-order chi connectivity index (χ0) is 24.8. The summed E-state index contributed by atoms with van der Waals surface area (Å²) in [4.78, 5) is 27.7. The lowest BCUT2D eigenvalue weighted by atomic mass is 9.64. The van der Waals surface area contributed by atoms with Gasteiger partial charge in [0.25, 0.3) is 0 Å². The number of carbonyl (C=O) groups is 2. The van der Waals surface area contributed by atoms with Gasteiger partial charge in [-0.15, -0.1) is 0 Å². The second-order valence-electron chi connectivity index (χ2n) is 9.72. The summed E-state index contributed by atoms with van der Waals surface area (Å²) in [5, 5.41) is 25.3. The van der Waals surface area contributed by atoms with Crippen LogP contribution in [0, 0.1) is 0 Å². The van der Waals surface area contributed by atoms with E-state index in [0.29, 0.717) is 24.0 Å². The highest BCUT2D eigenvalue weighted by Gasteiger charge is 2.43. The summed E-state index contributed by atoms with van der Waals surface area (Å²) in [7, 11) is 0. The van der Waals surface area contributed by atoms with Gasteiger partial charge in [-0.05, 0) is 59.2 Å². The van der Waals surface area contributed by atoms with Gasteiger partial charge in [0.1, 0.15) is 5.60 Å². The Labute approximate surface area is 203 Å². The molecule has 1 heterocycles. The summed E-state index contributed by atoms with van der Waals surface area (Å²) < 4.78 is 0. The molecule has 3 aromatic carbocycles. The van der Waals surface area contributed by atoms with E-state index < -0.39 is 11.6 Å². The zero-order valence-corrected chi connectivity index (χ0v) is 19.6. The van der Waals surface area contributed by atoms with Crippen molar-refractivity contribution >= 4 is 29.0 Å². The van der Waals surface area contributed by atoms with Crippen molar-refractivity contribution in [2.75, 3.05) is 5.32 Å². The number of nitrogens with one attached hydrogen (secondary N) is 1. The van der Waals surface area contributed by atoms with Gasteiger partial charge in [-0.1, -0.05) is 56.3 Å². The maximum atomic E-state index is 12.2. The summed E-state index contributed by atoms with van der Waals surface area (Å²) in [6.07, 6.45) is 3.52. The molecule has 1 aromatic heterocycles. The summed E-state index contributed by atoms with van der Waals surface area (Å²) in [5.41, 5.74) is 3.46. The number of carbonyl (C=O) groups excluding carboxylic acids is 1. The highest BCUT2D eigenvalue weighted by atomic mass is 16.4. The first-order chi connectivity index (χ1) is 16.7. The average Bonchev–Trinajstić information content (AvgIpc) is 2.86. The minimum Gasteiger partial charge on any atom is -0.478 e. The Bertz CT molecular complexity index is 1480. The molecule has 0 saturated carbocycles. The summed E-state index contributed by atoms with van der Waals surface area (Å²) in [6.45, 7) is 4.32. The van der Waals surface area contributed by atoms with Crippen LogP contribution in [-0.4, -0.2) is 27.6 Å². The number of carboxylic acids is 1. The van der Waals surface area contributed by atoms with E-state index in [0.717, 1.165) is 34.0 Å². The van der Waals surface area contributed by atoms with Crippen molar-refractivity contribution in [3.63, 3.8) is 0 Å². The molecule has 6 nitrogen and oxygen atoms in total. The van der Waals surface area contributed by atoms with Crippen molar-refractivity contribution in [1.82, 2.24) is 4.98 Å². The Balaban J connectivity index is 1.73. The molecule has 1 unspecified atom stereocenters. The van der Waals surface area contributed by atoms with E-state index >= 15 is 0 Å². The van der Waals surface area contributed by atoms with Crippen LogP contribution in [0.4, 0.5) is 5.69 Å². The fraction of sp³-hybridized carbons (Fsp3) is 0.207. The van der Waals surface area contributed by atoms with Gasteiger partial charge in [0, 0.05) is 22.7 Å². The number of aromatic carboxylic acids is 1. The lowest BCUT2D eigenvalue weighted by molar-refractivity contribution is -0.105. The fourth-order valence-corrected chi connectivity index (χ4v) is 5.19. The van der Waals surface area contributed by atoms with Crippen molar-refractivity contribution in [3.8, 4) is 11.1 Å². The second-order valence-corrected chi connectivity index (χ2v) is 9.72. The molecule has 0 fully saturated rings. The molecular weight excluding hydrogens is 440 g/mol. The van der Waals surface area contributed by atoms with Crippen molar-refractivity contribution in [1.29, 1.82) is 0 Å². The van der Waals surface area contributed by atoms with Gasteiger partial charge in [0.05, 0.1) is 16.8 Å². The number of hydrogen-bond acceptors (Lipinski definition) is 4. The van der Waals surface area contributed by atoms with E-state index in [1.54, 1.807) is 18.3 Å². The Hall–Kier alpha value is -4.03. The number of amides is 1. The van der Waals surface area contributed by atoms with Gasteiger partial charge in [-0.3, -0.25) is 9.78 Å². The predicted octanol–water partition coefficient (Wildman–Crippen LogP) is 5.48. The first-order valence-electron chi connectivity index (χ1n) is 11.5. The predicted molar refractivity (Wildman–Crippen MR) is 136 cm³/mol. The van der Waals surface area contributed by atoms with Crippen LogP contribution in [0.3, 0.4) is 0 Å². The normalized spacial score (nSPS) is 18.6. The standard InChI is InChI=1S/C29H26N2O4/c1-28(2)12-13-29(35,20-14-19-6-3-4-9-25(19)30-16-20)24-15-18(10-11-23(24)28)21-7-5-8-22(27(33)34)26(21)31-17-32/h3-11,14-17,35H,12-13H2,1-2H3,(H,31,32)(H,33,34). The summed E-state index contributed by atoms with van der Waals surface area (Å²) in [6, 6.07) is 20.5. The Morgan fingerprint density at radius 1 is 1.00 bits per heavy atom. The van der Waals surface area contributed by atoms with Crippen LogP contribution < -0.4 is 5.32 Å². The van der Waals surface area contributed by atoms with Crippen molar-refractivity contribution in [2.45, 2.75) is 37.7 Å². The molecule has 0 bridgehead atoms. The molecule has 176 valence electrons. The monoisotopic (exact) mass is 466 g/mol. The van der Waals surface area contributed by atoms with Gasteiger partial charge in [0.2, 0.25) is 6.41 Å². The van der Waals surface area contributed by atoms with Crippen LogP contribution in [0.5, 0.6) is 0 Å². The molecule has 0 radical (unpaired) electrons. The molecule has 1 amide bonds. The largest absolute Gasteiger partial charge is 0.478 e. The number of para-hydroxylation sites is 2. The second kappa shape index (κ2) is 8.32. The highest BCUT2D eigenvalue weighted by molar-refractivity contribution is 6.02. The maximum Gasteiger partial charge on any atom is 0.337 e. The first-order valence-corrected chi connectivity index (χ1v) is 11.5. The molecule has 0 saturated heterocycles. The molecule has 6 heteroatoms. The smallest absolute Gasteiger partial charge is 0.337 e. The van der Waals surface area contributed by atoms with Gasteiger partial charge < -0.3 is 15.5 Å². The van der Waals surface area contributed by atoms with Crippen LogP contribution in [0.2, 0.25) is 0 Å². The minimum absolute atomic E-state index is 0.00152. The number of anilines is 1. The van der Waals surface area contributed by atoms with Gasteiger partial charge in [-0.25, -0.2) is 4.79 Å². The van der Waals surface area contributed by atoms with Crippen LogP contribution in [0.1, 0.15) is 53.7 Å². The number of benzene rings is 3. The minimum atomic E-state index is -1.26. The lowest BCUT2D eigenvalue weighted by Gasteiger charge is -2.43. The van der Waals surface area contributed by atoms with Crippen LogP contribution in [-0.2, 0) is 15.8 Å². The van der Waals surface area contributed by atoms with Crippen LogP contribution >= 0.6 is 0 Å². The number of hydrogen-bond donors (Lipinski definition) is 3. The van der Waals surface area contributed by atoms with Gasteiger partial charge in [0.15, 0.2) is 0 Å². The third kappa shape index (κ3) is 3.76. The SMILES string of the molecule is CC1(C)CCC(O)(c2cnc3ccccc3c2)c2cc(-c3cccc(C(=O)O)c3NC=O)ccc21. The van der Waals surface area contributed by atoms with E-state index in [1.165, 1.54) is 6.07 Å². The Kier molecular flexibility index (Phi) is 5.41. The molecule has 4 aromatic rings. The van der Waals surface area contributed by atoms with Crippen LogP contribution in [0.15, 0.2) is 72.9 Å². The highest BCUT2D eigenvalue weighted by Crippen LogP contribution is 2.49. The van der Waals surface area contributed by atoms with Gasteiger partial charge in [-0.2, -0.15) is 0 Å². The third-order valence-corrected chi connectivity index (χ3v) is 7.18. The van der Waals surface area contributed by atoms with Crippen molar-refractivity contribution in [2.24, 2.45) is 0 Å². The first kappa shape index (κ1) is 22.7. The van der Waals surface area contributed by atoms with E-state index in [4.69, 9.17) is 0 Å². The molecule has 0 aliphatic heterocycles. The van der Waals surface area contributed by atoms with Gasteiger partial charge >= 0.3 is 5.97 Å². The number of rotatable bonds is 5. The van der Waals surface area contributed by atoms with E-state index in [2.05, 4.69) is 24.1 Å². The van der Waals surface area contributed by atoms with Crippen molar-refractivity contribution in [3.05, 3.63) is 95.2 Å². The molecule has 1 atom stereocenters. The average molecular weight is 467 g/mol. The van der Waals surface area contributed by atoms with E-state index in [1.807, 2.05) is 48.5 Å². The number of carboxylic acid groups (broad SMARTS) is 1. The Morgan fingerprint density at radius 3 is 2.57 bits per heavy atom. The van der Waals surface area contributed by atoms with Crippen LogP contribution in [0.25, 0.3) is 22.0 Å². The number of pyridine rings is 1. The lowest BCUT2D eigenvalue weighted by Crippen LogP contribution is -2.38. The number of aromatic nitrogens is 1. The molecule has 0 spiro atoms. The maximum absolute atomic E-state index is 12.2. The summed E-state index contributed by atoms with van der Waals surface area (Å²) in [5.74, 6) is -1.13. The topological polar surface area (TPSA) is 99.5 Å². The molecule has 5 rings (SSSR count). The molecule has 1 aliphatic carbocycles. The molecule has 3 N–H and O–H groups in total.